The van der Waals surface area contributed by atoms with Crippen LogP contribution in [-0.4, -0.2) is 31.1 Å². The van der Waals surface area contributed by atoms with E-state index in [-0.39, 0.29) is 0 Å². The SMILES string of the molecule is Nc1c(Br)cc(Br)cc1[C@H](CC1CC1)N1CCNCC1. The van der Waals surface area contributed by atoms with Crippen molar-refractivity contribution in [1.29, 1.82) is 0 Å². The number of rotatable bonds is 4. The summed E-state index contributed by atoms with van der Waals surface area (Å²) in [6, 6.07) is 4.69. The molecule has 2 aliphatic rings. The molecule has 1 atom stereocenters. The zero-order chi connectivity index (χ0) is 14.1. The van der Waals surface area contributed by atoms with Gasteiger partial charge in [0.05, 0.1) is 5.69 Å². The second kappa shape index (κ2) is 6.34. The van der Waals surface area contributed by atoms with Gasteiger partial charge in [-0.3, -0.25) is 4.90 Å². The van der Waals surface area contributed by atoms with Crippen molar-refractivity contribution in [2.24, 2.45) is 5.92 Å². The van der Waals surface area contributed by atoms with E-state index >= 15 is 0 Å². The van der Waals surface area contributed by atoms with Crippen molar-refractivity contribution in [1.82, 2.24) is 10.2 Å². The summed E-state index contributed by atoms with van der Waals surface area (Å²) < 4.78 is 2.10. The molecular formula is C15H21Br2N3. The van der Waals surface area contributed by atoms with Crippen molar-refractivity contribution >= 4 is 37.5 Å². The van der Waals surface area contributed by atoms with Crippen LogP contribution < -0.4 is 11.1 Å². The third-order valence-corrected chi connectivity index (χ3v) is 5.45. The highest BCUT2D eigenvalue weighted by Gasteiger charge is 2.31. The van der Waals surface area contributed by atoms with Crippen LogP contribution in [-0.2, 0) is 0 Å². The lowest BCUT2D eigenvalue weighted by Crippen LogP contribution is -2.45. The number of piperazine rings is 1. The number of anilines is 1. The van der Waals surface area contributed by atoms with E-state index in [2.05, 4.69) is 48.1 Å². The van der Waals surface area contributed by atoms with Crippen LogP contribution in [0.1, 0.15) is 30.9 Å². The fourth-order valence-electron chi connectivity index (χ4n) is 3.02. The number of nitrogens with zero attached hydrogens (tertiary/aromatic N) is 1. The van der Waals surface area contributed by atoms with Gasteiger partial charge in [-0.2, -0.15) is 0 Å². The molecule has 1 aliphatic heterocycles. The van der Waals surface area contributed by atoms with Gasteiger partial charge in [0.2, 0.25) is 0 Å². The van der Waals surface area contributed by atoms with Gasteiger partial charge < -0.3 is 11.1 Å². The first-order valence-electron chi connectivity index (χ1n) is 7.34. The largest absolute Gasteiger partial charge is 0.398 e. The molecule has 3 rings (SSSR count). The van der Waals surface area contributed by atoms with E-state index in [1.165, 1.54) is 24.8 Å². The number of nitrogen functional groups attached to an aromatic ring is 1. The molecule has 3 nitrogen and oxygen atoms in total. The number of nitrogens with one attached hydrogen (secondary N) is 1. The average Bonchev–Trinajstić information content (AvgIpc) is 3.25. The molecule has 0 spiro atoms. The number of benzene rings is 1. The molecule has 2 fully saturated rings. The van der Waals surface area contributed by atoms with Crippen LogP contribution in [0.15, 0.2) is 21.1 Å². The van der Waals surface area contributed by atoms with Gasteiger partial charge in [-0.05, 0) is 46.0 Å². The van der Waals surface area contributed by atoms with E-state index in [0.29, 0.717) is 6.04 Å². The molecule has 0 unspecified atom stereocenters. The summed E-state index contributed by atoms with van der Waals surface area (Å²) in [6.07, 6.45) is 4.02. The van der Waals surface area contributed by atoms with Gasteiger partial charge in [0.1, 0.15) is 0 Å². The summed E-state index contributed by atoms with van der Waals surface area (Å²) in [6.45, 7) is 4.38. The van der Waals surface area contributed by atoms with Gasteiger partial charge in [0, 0.05) is 41.2 Å². The van der Waals surface area contributed by atoms with Crippen molar-refractivity contribution in [2.75, 3.05) is 31.9 Å². The fourth-order valence-corrected chi connectivity index (χ4v) is 4.27. The summed E-state index contributed by atoms with van der Waals surface area (Å²) in [7, 11) is 0. The van der Waals surface area contributed by atoms with E-state index < -0.39 is 0 Å². The molecule has 0 radical (unpaired) electrons. The van der Waals surface area contributed by atoms with Gasteiger partial charge in [-0.15, -0.1) is 0 Å². The minimum atomic E-state index is 0.457. The summed E-state index contributed by atoms with van der Waals surface area (Å²) >= 11 is 7.19. The third-order valence-electron chi connectivity index (χ3n) is 4.33. The lowest BCUT2D eigenvalue weighted by molar-refractivity contribution is 0.161. The number of nitrogens with two attached hydrogens (primary N) is 1. The van der Waals surface area contributed by atoms with Crippen molar-refractivity contribution < 1.29 is 0 Å². The lowest BCUT2D eigenvalue weighted by atomic mass is 9.97. The van der Waals surface area contributed by atoms with E-state index in [4.69, 9.17) is 5.73 Å². The minimum absolute atomic E-state index is 0.457. The molecule has 0 amide bonds. The van der Waals surface area contributed by atoms with Gasteiger partial charge in [-0.25, -0.2) is 0 Å². The molecule has 0 bridgehead atoms. The molecule has 3 N–H and O–H groups in total. The summed E-state index contributed by atoms with van der Waals surface area (Å²) in [4.78, 5) is 2.60. The first kappa shape index (κ1) is 14.8. The van der Waals surface area contributed by atoms with Crippen molar-refractivity contribution in [3.63, 3.8) is 0 Å². The first-order chi connectivity index (χ1) is 9.65. The summed E-state index contributed by atoms with van der Waals surface area (Å²) in [5, 5.41) is 3.44. The quantitative estimate of drug-likeness (QED) is 0.756. The lowest BCUT2D eigenvalue weighted by Gasteiger charge is -2.36. The van der Waals surface area contributed by atoms with Crippen LogP contribution in [0.2, 0.25) is 0 Å². The van der Waals surface area contributed by atoms with Crippen molar-refractivity contribution in [2.45, 2.75) is 25.3 Å². The predicted molar refractivity (Wildman–Crippen MR) is 90.8 cm³/mol. The van der Waals surface area contributed by atoms with E-state index in [9.17, 15) is 0 Å². The Labute approximate surface area is 137 Å². The Morgan fingerprint density at radius 2 is 1.95 bits per heavy atom. The van der Waals surface area contributed by atoms with Crippen LogP contribution in [0.5, 0.6) is 0 Å². The molecule has 1 saturated carbocycles. The van der Waals surface area contributed by atoms with E-state index in [1.807, 2.05) is 6.07 Å². The van der Waals surface area contributed by atoms with Gasteiger partial charge in [0.15, 0.2) is 0 Å². The highest BCUT2D eigenvalue weighted by Crippen LogP contribution is 2.43. The monoisotopic (exact) mass is 401 g/mol. The second-order valence-electron chi connectivity index (χ2n) is 5.87. The Kier molecular flexibility index (Phi) is 4.70. The molecule has 20 heavy (non-hydrogen) atoms. The fraction of sp³-hybridized carbons (Fsp3) is 0.600. The average molecular weight is 403 g/mol. The highest BCUT2D eigenvalue weighted by molar-refractivity contribution is 9.11. The number of hydrogen-bond acceptors (Lipinski definition) is 3. The maximum atomic E-state index is 6.35. The maximum absolute atomic E-state index is 6.35. The molecule has 1 aliphatic carbocycles. The summed E-state index contributed by atoms with van der Waals surface area (Å²) in [5.74, 6) is 0.895. The zero-order valence-electron chi connectivity index (χ0n) is 11.5. The van der Waals surface area contributed by atoms with E-state index in [0.717, 1.165) is 46.7 Å². The standard InChI is InChI=1S/C15H21Br2N3/c16-11-8-12(15(18)13(17)9-11)14(7-10-1-2-10)20-5-3-19-4-6-20/h8-10,14,19H,1-7,18H2/t14-/m0/s1. The molecule has 110 valence electrons. The minimum Gasteiger partial charge on any atom is -0.398 e. The van der Waals surface area contributed by atoms with Gasteiger partial charge in [0.25, 0.3) is 0 Å². The van der Waals surface area contributed by atoms with Crippen LogP contribution >= 0.6 is 31.9 Å². The third kappa shape index (κ3) is 3.38. The topological polar surface area (TPSA) is 41.3 Å². The smallest absolute Gasteiger partial charge is 0.0507 e. The maximum Gasteiger partial charge on any atom is 0.0507 e. The molecule has 1 saturated heterocycles. The van der Waals surface area contributed by atoms with Gasteiger partial charge in [-0.1, -0.05) is 28.8 Å². The predicted octanol–water partition coefficient (Wildman–Crippen LogP) is 3.54. The second-order valence-corrected chi connectivity index (χ2v) is 7.64. The Balaban J connectivity index is 1.90. The first-order valence-corrected chi connectivity index (χ1v) is 8.93. The van der Waals surface area contributed by atoms with E-state index in [1.54, 1.807) is 0 Å². The number of hydrogen-bond donors (Lipinski definition) is 2. The number of halogens is 2. The molecule has 0 aromatic heterocycles. The molecule has 1 aromatic rings. The Bertz CT molecular complexity index is 482. The van der Waals surface area contributed by atoms with Crippen LogP contribution in [0.3, 0.4) is 0 Å². The Morgan fingerprint density at radius 3 is 2.60 bits per heavy atom. The van der Waals surface area contributed by atoms with Crippen LogP contribution in [0.4, 0.5) is 5.69 Å². The Hall–Kier alpha value is -0.100. The van der Waals surface area contributed by atoms with Crippen LogP contribution in [0, 0.1) is 5.92 Å². The normalized spacial score (nSPS) is 21.9. The zero-order valence-corrected chi connectivity index (χ0v) is 14.7. The van der Waals surface area contributed by atoms with Crippen molar-refractivity contribution in [3.05, 3.63) is 26.6 Å². The van der Waals surface area contributed by atoms with Crippen LogP contribution in [0.25, 0.3) is 0 Å². The molecule has 1 aromatic carbocycles. The molecular weight excluding hydrogens is 382 g/mol. The van der Waals surface area contributed by atoms with Crippen molar-refractivity contribution in [3.8, 4) is 0 Å². The summed E-state index contributed by atoms with van der Waals surface area (Å²) in [5.41, 5.74) is 8.52. The molecule has 1 heterocycles. The molecule has 5 heteroatoms. The van der Waals surface area contributed by atoms with Gasteiger partial charge >= 0.3 is 0 Å². The Morgan fingerprint density at radius 1 is 1.25 bits per heavy atom. The highest BCUT2D eigenvalue weighted by atomic mass is 79.9.